The maximum atomic E-state index is 13.3. The molecule has 0 aromatic heterocycles. The molecule has 1 aliphatic rings. The maximum Gasteiger partial charge on any atom is 0.145 e. The number of halogens is 2. The molecule has 1 aliphatic carbocycles. The molecule has 98 valence electrons. The van der Waals surface area contributed by atoms with Gasteiger partial charge in [-0.15, -0.1) is 0 Å². The van der Waals surface area contributed by atoms with Crippen molar-refractivity contribution in [3.05, 3.63) is 52.8 Å². The van der Waals surface area contributed by atoms with Gasteiger partial charge in [0.1, 0.15) is 11.6 Å². The van der Waals surface area contributed by atoms with Crippen LogP contribution in [0.5, 0.6) is 5.75 Å². The molecule has 2 aromatic rings. The fourth-order valence-electron chi connectivity index (χ4n) is 2.47. The predicted octanol–water partition coefficient (Wildman–Crippen LogP) is 5.12. The highest BCUT2D eigenvalue weighted by atomic mass is 35.5. The van der Waals surface area contributed by atoms with Crippen molar-refractivity contribution in [3.8, 4) is 16.9 Å². The molecule has 0 spiro atoms. The molecule has 3 heteroatoms. The van der Waals surface area contributed by atoms with Crippen molar-refractivity contribution < 1.29 is 9.50 Å². The number of hydrogen-bond acceptors (Lipinski definition) is 1. The average Bonchev–Trinajstić information content (AvgIpc) is 2.32. The topological polar surface area (TPSA) is 20.2 Å². The second-order valence-electron chi connectivity index (χ2n) is 5.04. The van der Waals surface area contributed by atoms with Gasteiger partial charge in [-0.25, -0.2) is 4.39 Å². The van der Waals surface area contributed by atoms with Crippen LogP contribution >= 0.6 is 11.6 Å². The summed E-state index contributed by atoms with van der Waals surface area (Å²) in [5, 5.41) is 9.90. The Morgan fingerprint density at radius 2 is 1.95 bits per heavy atom. The highest BCUT2D eigenvalue weighted by Crippen LogP contribution is 2.39. The first-order valence-corrected chi connectivity index (χ1v) is 6.81. The van der Waals surface area contributed by atoms with Crippen molar-refractivity contribution >= 4 is 11.6 Å². The minimum atomic E-state index is -0.599. The predicted molar refractivity (Wildman–Crippen MR) is 75.1 cm³/mol. The van der Waals surface area contributed by atoms with E-state index in [1.165, 1.54) is 30.9 Å². The lowest BCUT2D eigenvalue weighted by atomic mass is 9.79. The molecular weight excluding hydrogens is 263 g/mol. The molecule has 0 amide bonds. The van der Waals surface area contributed by atoms with Crippen LogP contribution in [-0.2, 0) is 0 Å². The summed E-state index contributed by atoms with van der Waals surface area (Å²) in [6, 6.07) is 10.6. The molecule has 0 radical (unpaired) electrons. The lowest BCUT2D eigenvalue weighted by Crippen LogP contribution is -2.08. The van der Waals surface area contributed by atoms with E-state index in [9.17, 15) is 9.50 Å². The molecule has 19 heavy (non-hydrogen) atoms. The van der Waals surface area contributed by atoms with Gasteiger partial charge in [0.15, 0.2) is 0 Å². The third kappa shape index (κ3) is 2.33. The third-order valence-corrected chi connectivity index (χ3v) is 4.10. The fourth-order valence-corrected chi connectivity index (χ4v) is 2.63. The van der Waals surface area contributed by atoms with E-state index >= 15 is 0 Å². The van der Waals surface area contributed by atoms with Gasteiger partial charge in [-0.3, -0.25) is 0 Å². The Balaban J connectivity index is 2.04. The maximum absolute atomic E-state index is 13.3. The van der Waals surface area contributed by atoms with Gasteiger partial charge >= 0.3 is 0 Å². The Morgan fingerprint density at radius 1 is 1.16 bits per heavy atom. The van der Waals surface area contributed by atoms with Gasteiger partial charge in [-0.05, 0) is 36.0 Å². The van der Waals surface area contributed by atoms with Gasteiger partial charge in [0.05, 0.1) is 5.02 Å². The second kappa shape index (κ2) is 4.86. The van der Waals surface area contributed by atoms with Gasteiger partial charge in [-0.2, -0.15) is 0 Å². The number of aromatic hydroxyl groups is 1. The molecule has 1 fully saturated rings. The molecule has 1 saturated carbocycles. The zero-order valence-corrected chi connectivity index (χ0v) is 11.1. The minimum absolute atomic E-state index is 0.0295. The number of phenolic OH excluding ortho intramolecular Hbond substituents is 1. The number of phenols is 1. The third-order valence-electron chi connectivity index (χ3n) is 3.81. The van der Waals surface area contributed by atoms with Gasteiger partial charge < -0.3 is 5.11 Å². The van der Waals surface area contributed by atoms with Gasteiger partial charge in [-0.1, -0.05) is 42.3 Å². The highest BCUT2D eigenvalue weighted by Gasteiger charge is 2.20. The second-order valence-corrected chi connectivity index (χ2v) is 5.44. The first-order chi connectivity index (χ1) is 9.15. The zero-order chi connectivity index (χ0) is 13.4. The van der Waals surface area contributed by atoms with E-state index in [0.29, 0.717) is 11.5 Å². The van der Waals surface area contributed by atoms with Crippen LogP contribution in [0.25, 0.3) is 11.1 Å². The first kappa shape index (κ1) is 12.5. The van der Waals surface area contributed by atoms with Crippen molar-refractivity contribution in [1.82, 2.24) is 0 Å². The van der Waals surface area contributed by atoms with Crippen molar-refractivity contribution in [2.24, 2.45) is 0 Å². The Hall–Kier alpha value is -1.54. The Bertz CT molecular complexity index is 620. The summed E-state index contributed by atoms with van der Waals surface area (Å²) in [7, 11) is 0. The van der Waals surface area contributed by atoms with Crippen LogP contribution in [0.4, 0.5) is 4.39 Å². The van der Waals surface area contributed by atoms with Crippen LogP contribution in [0.15, 0.2) is 36.4 Å². The summed E-state index contributed by atoms with van der Waals surface area (Å²) in [4.78, 5) is 0. The number of rotatable bonds is 2. The molecule has 3 rings (SSSR count). The van der Waals surface area contributed by atoms with Crippen LogP contribution in [0.3, 0.4) is 0 Å². The average molecular weight is 277 g/mol. The molecule has 0 saturated heterocycles. The molecule has 0 unspecified atom stereocenters. The molecular formula is C16H14ClFO. The molecule has 0 bridgehead atoms. The van der Waals surface area contributed by atoms with Crippen LogP contribution in [0.1, 0.15) is 30.7 Å². The normalized spacial score (nSPS) is 15.3. The lowest BCUT2D eigenvalue weighted by molar-refractivity contribution is 0.420. The van der Waals surface area contributed by atoms with E-state index in [1.54, 1.807) is 0 Å². The lowest BCUT2D eigenvalue weighted by Gasteiger charge is -2.26. The van der Waals surface area contributed by atoms with Crippen molar-refractivity contribution in [2.75, 3.05) is 0 Å². The van der Waals surface area contributed by atoms with Crippen LogP contribution in [0, 0.1) is 5.82 Å². The minimum Gasteiger partial charge on any atom is -0.507 e. The fraction of sp³-hybridized carbons (Fsp3) is 0.250. The molecule has 1 N–H and O–H groups in total. The van der Waals surface area contributed by atoms with Crippen molar-refractivity contribution in [1.29, 1.82) is 0 Å². The molecule has 1 nitrogen and oxygen atoms in total. The summed E-state index contributed by atoms with van der Waals surface area (Å²) in [5.41, 5.74) is 2.74. The summed E-state index contributed by atoms with van der Waals surface area (Å²) >= 11 is 5.79. The Kier molecular flexibility index (Phi) is 3.19. The molecule has 2 aromatic carbocycles. The summed E-state index contributed by atoms with van der Waals surface area (Å²) in [6.45, 7) is 0. The van der Waals surface area contributed by atoms with E-state index in [0.717, 1.165) is 11.6 Å². The van der Waals surface area contributed by atoms with Gasteiger partial charge in [0, 0.05) is 11.6 Å². The van der Waals surface area contributed by atoms with E-state index in [2.05, 4.69) is 12.1 Å². The van der Waals surface area contributed by atoms with Crippen LogP contribution in [-0.4, -0.2) is 5.11 Å². The SMILES string of the molecule is Oc1cc(F)c(Cl)cc1-c1cccc(C2CCC2)c1. The van der Waals surface area contributed by atoms with Crippen molar-refractivity contribution in [2.45, 2.75) is 25.2 Å². The monoisotopic (exact) mass is 276 g/mol. The Morgan fingerprint density at radius 3 is 2.63 bits per heavy atom. The summed E-state index contributed by atoms with van der Waals surface area (Å²) in [5.74, 6) is -0.0521. The number of benzene rings is 2. The summed E-state index contributed by atoms with van der Waals surface area (Å²) < 4.78 is 13.3. The van der Waals surface area contributed by atoms with Gasteiger partial charge in [0.25, 0.3) is 0 Å². The van der Waals surface area contributed by atoms with Crippen LogP contribution in [0.2, 0.25) is 5.02 Å². The van der Waals surface area contributed by atoms with E-state index in [4.69, 9.17) is 11.6 Å². The van der Waals surface area contributed by atoms with Crippen LogP contribution < -0.4 is 0 Å². The zero-order valence-electron chi connectivity index (χ0n) is 10.4. The van der Waals surface area contributed by atoms with Crippen molar-refractivity contribution in [3.63, 3.8) is 0 Å². The summed E-state index contributed by atoms with van der Waals surface area (Å²) in [6.07, 6.45) is 3.72. The van der Waals surface area contributed by atoms with E-state index in [1.807, 2.05) is 12.1 Å². The highest BCUT2D eigenvalue weighted by molar-refractivity contribution is 6.31. The largest absolute Gasteiger partial charge is 0.507 e. The first-order valence-electron chi connectivity index (χ1n) is 6.43. The molecule has 0 atom stereocenters. The van der Waals surface area contributed by atoms with Gasteiger partial charge in [0.2, 0.25) is 0 Å². The quantitative estimate of drug-likeness (QED) is 0.807. The molecule has 0 heterocycles. The Labute approximate surface area is 116 Å². The van der Waals surface area contributed by atoms with E-state index < -0.39 is 5.82 Å². The smallest absolute Gasteiger partial charge is 0.145 e. The number of hydrogen-bond donors (Lipinski definition) is 1. The standard InChI is InChI=1S/C16H14ClFO/c17-14-8-13(16(19)9-15(14)18)12-6-2-5-11(7-12)10-3-1-4-10/h2,5-10,19H,1,3-4H2. The molecule has 0 aliphatic heterocycles. The van der Waals surface area contributed by atoms with E-state index in [-0.39, 0.29) is 10.8 Å².